The van der Waals surface area contributed by atoms with Gasteiger partial charge in [0.25, 0.3) is 11.8 Å². The number of benzene rings is 2. The Hall–Kier alpha value is -3.09. The fourth-order valence-electron chi connectivity index (χ4n) is 2.21. The van der Waals surface area contributed by atoms with E-state index in [0.717, 1.165) is 0 Å². The Morgan fingerprint density at radius 3 is 3.00 bits per heavy atom. The molecule has 0 bridgehead atoms. The molecule has 0 atom stereocenters. The van der Waals surface area contributed by atoms with Gasteiger partial charge in [-0.05, 0) is 30.3 Å². The summed E-state index contributed by atoms with van der Waals surface area (Å²) in [7, 11) is 0. The Morgan fingerprint density at radius 2 is 2.17 bits per heavy atom. The highest BCUT2D eigenvalue weighted by Gasteiger charge is 2.17. The number of ether oxygens (including phenoxy) is 2. The van der Waals surface area contributed by atoms with E-state index in [-0.39, 0.29) is 37.4 Å². The third kappa shape index (κ3) is 3.81. The van der Waals surface area contributed by atoms with Gasteiger partial charge in [0.05, 0.1) is 12.2 Å². The second-order valence-electron chi connectivity index (χ2n) is 5.11. The number of carbonyl (C=O) groups is 2. The van der Waals surface area contributed by atoms with E-state index in [2.05, 4.69) is 10.6 Å². The molecule has 2 aromatic carbocycles. The number of amides is 2. The summed E-state index contributed by atoms with van der Waals surface area (Å²) in [6.07, 6.45) is 0. The molecule has 6 nitrogen and oxygen atoms in total. The normalized spacial score (nSPS) is 12.6. The van der Waals surface area contributed by atoms with Crippen molar-refractivity contribution in [2.24, 2.45) is 0 Å². The van der Waals surface area contributed by atoms with Crippen molar-refractivity contribution >= 4 is 17.5 Å². The first-order valence-corrected chi connectivity index (χ1v) is 7.35. The molecule has 0 saturated carbocycles. The molecule has 1 aliphatic rings. The monoisotopic (exact) mass is 330 g/mol. The molecule has 3 rings (SSSR count). The molecule has 0 spiro atoms. The van der Waals surface area contributed by atoms with Gasteiger partial charge in [-0.2, -0.15) is 0 Å². The third-order valence-corrected chi connectivity index (χ3v) is 3.33. The second kappa shape index (κ2) is 6.99. The van der Waals surface area contributed by atoms with Gasteiger partial charge in [-0.15, -0.1) is 0 Å². The van der Waals surface area contributed by atoms with Gasteiger partial charge in [-0.1, -0.05) is 6.07 Å². The van der Waals surface area contributed by atoms with E-state index < -0.39 is 0 Å². The summed E-state index contributed by atoms with van der Waals surface area (Å²) in [6, 6.07) is 10.6. The molecule has 0 saturated heterocycles. The van der Waals surface area contributed by atoms with Gasteiger partial charge in [0, 0.05) is 11.6 Å². The summed E-state index contributed by atoms with van der Waals surface area (Å²) < 4.78 is 23.6. The number of hydrogen-bond donors (Lipinski definition) is 2. The number of fused-ring (bicyclic) bond motifs is 1. The lowest BCUT2D eigenvalue weighted by Crippen LogP contribution is -2.29. The van der Waals surface area contributed by atoms with E-state index >= 15 is 0 Å². The van der Waals surface area contributed by atoms with Crippen LogP contribution in [0.15, 0.2) is 42.5 Å². The molecular formula is C17H15FN2O4. The maximum Gasteiger partial charge on any atom is 0.262 e. The first-order valence-electron chi connectivity index (χ1n) is 7.35. The van der Waals surface area contributed by atoms with Crippen molar-refractivity contribution in [2.75, 3.05) is 25.1 Å². The fraction of sp³-hybridized carbons (Fsp3) is 0.176. The first kappa shape index (κ1) is 15.8. The van der Waals surface area contributed by atoms with E-state index in [9.17, 15) is 14.0 Å². The molecule has 1 aliphatic heterocycles. The zero-order valence-corrected chi connectivity index (χ0v) is 12.7. The number of anilines is 1. The number of nitrogens with one attached hydrogen (secondary N) is 2. The van der Waals surface area contributed by atoms with Crippen LogP contribution >= 0.6 is 0 Å². The molecule has 0 fully saturated rings. The van der Waals surface area contributed by atoms with Crippen molar-refractivity contribution in [3.05, 3.63) is 53.8 Å². The van der Waals surface area contributed by atoms with Gasteiger partial charge in [0.2, 0.25) is 0 Å². The molecule has 0 aliphatic carbocycles. The SMILES string of the molecule is O=C1COc2cc(C(=O)NCCOc3cccc(F)c3)ccc2N1. The molecule has 2 N–H and O–H groups in total. The molecule has 0 radical (unpaired) electrons. The zero-order chi connectivity index (χ0) is 16.9. The lowest BCUT2D eigenvalue weighted by molar-refractivity contribution is -0.118. The predicted octanol–water partition coefficient (Wildman–Crippen LogP) is 1.97. The summed E-state index contributed by atoms with van der Waals surface area (Å²) in [4.78, 5) is 23.3. The minimum Gasteiger partial charge on any atom is -0.492 e. The minimum absolute atomic E-state index is 0.0699. The molecule has 1 heterocycles. The number of hydrogen-bond acceptors (Lipinski definition) is 4. The van der Waals surface area contributed by atoms with Crippen molar-refractivity contribution < 1.29 is 23.5 Å². The maximum absolute atomic E-state index is 13.0. The Morgan fingerprint density at radius 1 is 1.29 bits per heavy atom. The molecule has 124 valence electrons. The molecular weight excluding hydrogens is 315 g/mol. The number of halogens is 1. The fourth-order valence-corrected chi connectivity index (χ4v) is 2.21. The number of carbonyl (C=O) groups excluding carboxylic acids is 2. The molecule has 24 heavy (non-hydrogen) atoms. The van der Waals surface area contributed by atoms with Gasteiger partial charge >= 0.3 is 0 Å². The van der Waals surface area contributed by atoms with Crippen LogP contribution < -0.4 is 20.1 Å². The van der Waals surface area contributed by atoms with Crippen LogP contribution in [0.3, 0.4) is 0 Å². The highest BCUT2D eigenvalue weighted by molar-refractivity contribution is 5.98. The summed E-state index contributed by atoms with van der Waals surface area (Å²) in [5, 5.41) is 5.35. The average molecular weight is 330 g/mol. The third-order valence-electron chi connectivity index (χ3n) is 3.33. The van der Waals surface area contributed by atoms with Crippen LogP contribution in [0.5, 0.6) is 11.5 Å². The van der Waals surface area contributed by atoms with Crippen molar-refractivity contribution in [1.29, 1.82) is 0 Å². The van der Waals surface area contributed by atoms with E-state index in [1.165, 1.54) is 12.1 Å². The highest BCUT2D eigenvalue weighted by Crippen LogP contribution is 2.28. The van der Waals surface area contributed by atoms with Gasteiger partial charge in [-0.25, -0.2) is 4.39 Å². The summed E-state index contributed by atoms with van der Waals surface area (Å²) in [6.45, 7) is 0.413. The van der Waals surface area contributed by atoms with Crippen molar-refractivity contribution in [1.82, 2.24) is 5.32 Å². The summed E-state index contributed by atoms with van der Waals surface area (Å²) in [5.41, 5.74) is 0.952. The van der Waals surface area contributed by atoms with Crippen LogP contribution in [-0.4, -0.2) is 31.6 Å². The van der Waals surface area contributed by atoms with Crippen molar-refractivity contribution in [3.63, 3.8) is 0 Å². The lowest BCUT2D eigenvalue weighted by Gasteiger charge is -2.18. The molecule has 2 amide bonds. The summed E-state index contributed by atoms with van der Waals surface area (Å²) in [5.74, 6) is -0.0338. The summed E-state index contributed by atoms with van der Waals surface area (Å²) >= 11 is 0. The van der Waals surface area contributed by atoms with Crippen LogP contribution in [-0.2, 0) is 4.79 Å². The number of rotatable bonds is 5. The van der Waals surface area contributed by atoms with E-state index in [1.807, 2.05) is 0 Å². The predicted molar refractivity (Wildman–Crippen MR) is 84.8 cm³/mol. The smallest absolute Gasteiger partial charge is 0.262 e. The van der Waals surface area contributed by atoms with Crippen LogP contribution in [0.1, 0.15) is 10.4 Å². The average Bonchev–Trinajstić information content (AvgIpc) is 2.58. The molecule has 7 heteroatoms. The van der Waals surface area contributed by atoms with Crippen molar-refractivity contribution in [2.45, 2.75) is 0 Å². The molecule has 2 aromatic rings. The minimum atomic E-state index is -0.377. The maximum atomic E-state index is 13.0. The first-order chi connectivity index (χ1) is 11.6. The van der Waals surface area contributed by atoms with Gasteiger partial charge in [-0.3, -0.25) is 9.59 Å². The van der Waals surface area contributed by atoms with Gasteiger partial charge in [0.1, 0.15) is 23.9 Å². The van der Waals surface area contributed by atoms with Crippen LogP contribution in [0.2, 0.25) is 0 Å². The topological polar surface area (TPSA) is 76.7 Å². The lowest BCUT2D eigenvalue weighted by atomic mass is 10.1. The van der Waals surface area contributed by atoms with Crippen LogP contribution in [0.4, 0.5) is 10.1 Å². The standard InChI is InChI=1S/C17H15FN2O4/c18-12-2-1-3-13(9-12)23-7-6-19-17(22)11-4-5-14-15(8-11)24-10-16(21)20-14/h1-5,8-9H,6-7,10H2,(H,19,22)(H,20,21). The van der Waals surface area contributed by atoms with Gasteiger partial charge in [0.15, 0.2) is 6.61 Å². The second-order valence-corrected chi connectivity index (χ2v) is 5.11. The van der Waals surface area contributed by atoms with E-state index in [0.29, 0.717) is 22.7 Å². The Balaban J connectivity index is 1.51. The van der Waals surface area contributed by atoms with E-state index in [4.69, 9.17) is 9.47 Å². The van der Waals surface area contributed by atoms with Crippen LogP contribution in [0.25, 0.3) is 0 Å². The molecule has 0 unspecified atom stereocenters. The van der Waals surface area contributed by atoms with Crippen LogP contribution in [0, 0.1) is 5.82 Å². The quantitative estimate of drug-likeness (QED) is 0.822. The largest absolute Gasteiger partial charge is 0.492 e. The Bertz CT molecular complexity index is 779. The Kier molecular flexibility index (Phi) is 4.60. The molecule has 0 aromatic heterocycles. The Labute approximate surface area is 137 Å². The van der Waals surface area contributed by atoms with Gasteiger partial charge < -0.3 is 20.1 Å². The van der Waals surface area contributed by atoms with Crippen molar-refractivity contribution in [3.8, 4) is 11.5 Å². The zero-order valence-electron chi connectivity index (χ0n) is 12.7. The van der Waals surface area contributed by atoms with E-state index in [1.54, 1.807) is 30.3 Å². The highest BCUT2D eigenvalue weighted by atomic mass is 19.1.